The van der Waals surface area contributed by atoms with Gasteiger partial charge in [-0.05, 0) is 29.8 Å². The number of hydrogen-bond donors (Lipinski definition) is 1. The fourth-order valence-corrected chi connectivity index (χ4v) is 2.89. The van der Waals surface area contributed by atoms with E-state index in [2.05, 4.69) is 10.1 Å². The fourth-order valence-electron chi connectivity index (χ4n) is 2.62. The molecule has 0 spiro atoms. The minimum Gasteiger partial charge on any atom is -0.489 e. The van der Waals surface area contributed by atoms with Gasteiger partial charge < -0.3 is 19.5 Å². The molecule has 2 aromatic carbocycles. The van der Waals surface area contributed by atoms with Gasteiger partial charge in [0, 0.05) is 24.6 Å². The van der Waals surface area contributed by atoms with E-state index >= 15 is 0 Å². The molecule has 0 atom stereocenters. The number of carbonyl (C=O) groups excluding carboxylic acids is 1. The summed E-state index contributed by atoms with van der Waals surface area (Å²) in [7, 11) is 0. The number of carbonyl (C=O) groups is 1. The van der Waals surface area contributed by atoms with Gasteiger partial charge in [0.05, 0.1) is 18.2 Å². The molecule has 3 rings (SSSR count). The normalized spacial score (nSPS) is 13.4. The zero-order valence-electron chi connectivity index (χ0n) is 14.8. The molecule has 1 aliphatic heterocycles. The first kappa shape index (κ1) is 19.9. The molecule has 0 aliphatic carbocycles. The van der Waals surface area contributed by atoms with Crippen molar-refractivity contribution < 1.29 is 27.8 Å². The Bertz CT molecular complexity index is 873. The summed E-state index contributed by atoms with van der Waals surface area (Å²) in [6.45, 7) is -1.83. The van der Waals surface area contributed by atoms with Crippen LogP contribution in [0.25, 0.3) is 6.08 Å². The van der Waals surface area contributed by atoms with Crippen LogP contribution in [0.1, 0.15) is 17.5 Å². The van der Waals surface area contributed by atoms with E-state index in [1.54, 1.807) is 36.4 Å². The third-order valence-corrected chi connectivity index (χ3v) is 4.17. The van der Waals surface area contributed by atoms with Gasteiger partial charge in [0.2, 0.25) is 5.91 Å². The van der Waals surface area contributed by atoms with Crippen molar-refractivity contribution >= 4 is 23.6 Å². The standard InChI is InChI=1S/C20H18ClF2NO4/c21-15-10-13(11-17-19(15)27-9-3-8-26-17)6-7-18(25)24-12-14-4-1-2-5-16(14)28-20(22)23/h1-2,4-7,10-11,20H,3,8-9,12H2,(H,24,25)/b7-6+. The molecule has 5 nitrogen and oxygen atoms in total. The number of fused-ring (bicyclic) bond motifs is 1. The van der Waals surface area contributed by atoms with Crippen LogP contribution < -0.4 is 19.5 Å². The molecule has 2 aromatic rings. The summed E-state index contributed by atoms with van der Waals surface area (Å²) < 4.78 is 40.5. The second-order valence-electron chi connectivity index (χ2n) is 5.92. The predicted molar refractivity (Wildman–Crippen MR) is 101 cm³/mol. The highest BCUT2D eigenvalue weighted by Crippen LogP contribution is 2.38. The molecule has 0 radical (unpaired) electrons. The van der Waals surface area contributed by atoms with E-state index in [1.165, 1.54) is 12.1 Å². The molecule has 148 valence electrons. The van der Waals surface area contributed by atoms with Crippen molar-refractivity contribution in [2.75, 3.05) is 13.2 Å². The summed E-state index contributed by atoms with van der Waals surface area (Å²) >= 11 is 6.22. The van der Waals surface area contributed by atoms with E-state index in [-0.39, 0.29) is 12.3 Å². The predicted octanol–water partition coefficient (Wildman–Crippen LogP) is 4.43. The number of alkyl halides is 2. The number of amides is 1. The van der Waals surface area contributed by atoms with Crippen molar-refractivity contribution in [3.05, 3.63) is 58.6 Å². The van der Waals surface area contributed by atoms with Crippen LogP contribution in [0.3, 0.4) is 0 Å². The minimum absolute atomic E-state index is 0.0245. The van der Waals surface area contributed by atoms with Gasteiger partial charge in [0.15, 0.2) is 11.5 Å². The molecule has 0 fully saturated rings. The Morgan fingerprint density at radius 2 is 2.04 bits per heavy atom. The molecule has 1 N–H and O–H groups in total. The molecule has 0 saturated carbocycles. The Kier molecular flexibility index (Phi) is 6.71. The summed E-state index contributed by atoms with van der Waals surface area (Å²) in [6, 6.07) is 9.69. The molecule has 1 amide bonds. The van der Waals surface area contributed by atoms with Crippen LogP contribution in [0.2, 0.25) is 5.02 Å². The van der Waals surface area contributed by atoms with E-state index in [9.17, 15) is 13.6 Å². The quantitative estimate of drug-likeness (QED) is 0.717. The van der Waals surface area contributed by atoms with Gasteiger partial charge in [-0.3, -0.25) is 4.79 Å². The number of ether oxygens (including phenoxy) is 3. The molecule has 0 saturated heterocycles. The molecule has 0 bridgehead atoms. The summed E-state index contributed by atoms with van der Waals surface area (Å²) in [5.41, 5.74) is 1.12. The van der Waals surface area contributed by atoms with Gasteiger partial charge in [-0.1, -0.05) is 29.8 Å². The Morgan fingerprint density at radius 3 is 2.86 bits per heavy atom. The maximum Gasteiger partial charge on any atom is 0.387 e. The van der Waals surface area contributed by atoms with E-state index < -0.39 is 12.5 Å². The van der Waals surface area contributed by atoms with Crippen LogP contribution in [0.5, 0.6) is 17.2 Å². The average Bonchev–Trinajstić information content (AvgIpc) is 2.91. The lowest BCUT2D eigenvalue weighted by Gasteiger charge is -2.11. The molecular weight excluding hydrogens is 392 g/mol. The Balaban J connectivity index is 1.63. The minimum atomic E-state index is -2.93. The number of benzene rings is 2. The number of rotatable bonds is 6. The maximum atomic E-state index is 12.4. The van der Waals surface area contributed by atoms with Crippen molar-refractivity contribution in [2.24, 2.45) is 0 Å². The summed E-state index contributed by atoms with van der Waals surface area (Å²) in [5, 5.41) is 3.03. The van der Waals surface area contributed by atoms with Gasteiger partial charge in [-0.25, -0.2) is 0 Å². The summed E-state index contributed by atoms with van der Waals surface area (Å²) in [5.74, 6) is 0.658. The van der Waals surface area contributed by atoms with Crippen LogP contribution in [-0.4, -0.2) is 25.7 Å². The third kappa shape index (κ3) is 5.36. The molecule has 8 heteroatoms. The number of para-hydroxylation sites is 1. The van der Waals surface area contributed by atoms with Crippen LogP contribution in [0, 0.1) is 0 Å². The second kappa shape index (κ2) is 9.41. The van der Waals surface area contributed by atoms with Crippen molar-refractivity contribution in [1.29, 1.82) is 0 Å². The number of hydrogen-bond acceptors (Lipinski definition) is 4. The third-order valence-electron chi connectivity index (χ3n) is 3.89. The zero-order valence-corrected chi connectivity index (χ0v) is 15.5. The average molecular weight is 410 g/mol. The summed E-state index contributed by atoms with van der Waals surface area (Å²) in [6.07, 6.45) is 3.67. The second-order valence-corrected chi connectivity index (χ2v) is 6.33. The van der Waals surface area contributed by atoms with E-state index in [4.69, 9.17) is 21.1 Å². The molecule has 28 heavy (non-hydrogen) atoms. The van der Waals surface area contributed by atoms with Crippen molar-refractivity contribution in [3.8, 4) is 17.2 Å². The largest absolute Gasteiger partial charge is 0.489 e. The monoisotopic (exact) mass is 409 g/mol. The van der Waals surface area contributed by atoms with Crippen LogP contribution in [0.15, 0.2) is 42.5 Å². The Morgan fingerprint density at radius 1 is 1.25 bits per heavy atom. The van der Waals surface area contributed by atoms with Gasteiger partial charge >= 0.3 is 6.61 Å². The Hall–Kier alpha value is -2.80. The lowest BCUT2D eigenvalue weighted by Crippen LogP contribution is -2.21. The number of halogens is 3. The lowest BCUT2D eigenvalue weighted by molar-refractivity contribution is -0.116. The van der Waals surface area contributed by atoms with Gasteiger partial charge in [-0.2, -0.15) is 8.78 Å². The highest BCUT2D eigenvalue weighted by Gasteiger charge is 2.15. The molecule has 1 heterocycles. The first-order valence-electron chi connectivity index (χ1n) is 8.60. The van der Waals surface area contributed by atoms with Crippen LogP contribution in [0.4, 0.5) is 8.78 Å². The number of nitrogens with one attached hydrogen (secondary N) is 1. The molecule has 1 aliphatic rings. The topological polar surface area (TPSA) is 56.8 Å². The lowest BCUT2D eigenvalue weighted by atomic mass is 10.1. The van der Waals surface area contributed by atoms with Crippen molar-refractivity contribution in [1.82, 2.24) is 5.32 Å². The maximum absolute atomic E-state index is 12.4. The van der Waals surface area contributed by atoms with Crippen LogP contribution >= 0.6 is 11.6 Å². The Labute approximate surface area is 165 Å². The van der Waals surface area contributed by atoms with Crippen molar-refractivity contribution in [3.63, 3.8) is 0 Å². The zero-order chi connectivity index (χ0) is 19.9. The van der Waals surface area contributed by atoms with E-state index in [1.807, 2.05) is 0 Å². The smallest absolute Gasteiger partial charge is 0.387 e. The fraction of sp³-hybridized carbons (Fsp3) is 0.250. The summed E-state index contributed by atoms with van der Waals surface area (Å²) in [4.78, 5) is 12.1. The molecule has 0 unspecified atom stereocenters. The van der Waals surface area contributed by atoms with Gasteiger partial charge in [0.1, 0.15) is 5.75 Å². The van der Waals surface area contributed by atoms with Gasteiger partial charge in [-0.15, -0.1) is 0 Å². The first-order chi connectivity index (χ1) is 13.5. The molecular formula is C20H18ClF2NO4. The highest BCUT2D eigenvalue weighted by molar-refractivity contribution is 6.32. The first-order valence-corrected chi connectivity index (χ1v) is 8.98. The van der Waals surface area contributed by atoms with E-state index in [0.29, 0.717) is 40.9 Å². The van der Waals surface area contributed by atoms with E-state index in [0.717, 1.165) is 6.42 Å². The van der Waals surface area contributed by atoms with Crippen LogP contribution in [-0.2, 0) is 11.3 Å². The molecule has 0 aromatic heterocycles. The highest BCUT2D eigenvalue weighted by atomic mass is 35.5. The van der Waals surface area contributed by atoms with Crippen molar-refractivity contribution in [2.45, 2.75) is 19.6 Å². The SMILES string of the molecule is O=C(/C=C/c1cc(Cl)c2c(c1)OCCCO2)NCc1ccccc1OC(F)F. The van der Waals surface area contributed by atoms with Gasteiger partial charge in [0.25, 0.3) is 0 Å².